The summed E-state index contributed by atoms with van der Waals surface area (Å²) >= 11 is 0. The van der Waals surface area contributed by atoms with Crippen LogP contribution in [0.5, 0.6) is 0 Å². The maximum absolute atomic E-state index is 13.1. The van der Waals surface area contributed by atoms with Crippen molar-refractivity contribution in [1.82, 2.24) is 14.8 Å². The first-order valence-corrected chi connectivity index (χ1v) is 8.18. The average molecular weight is 365 g/mol. The van der Waals surface area contributed by atoms with E-state index >= 15 is 0 Å². The van der Waals surface area contributed by atoms with Crippen molar-refractivity contribution in [1.29, 1.82) is 5.26 Å². The minimum atomic E-state index is -0.519. The molecule has 1 aromatic carbocycles. The summed E-state index contributed by atoms with van der Waals surface area (Å²) in [4.78, 5) is 16.4. The highest BCUT2D eigenvalue weighted by Gasteiger charge is 2.17. The third kappa shape index (κ3) is 4.10. The lowest BCUT2D eigenvalue weighted by atomic mass is 10.2. The molecule has 0 bridgehead atoms. The van der Waals surface area contributed by atoms with Gasteiger partial charge in [-0.3, -0.25) is 0 Å². The van der Waals surface area contributed by atoms with Crippen LogP contribution >= 0.6 is 0 Å². The zero-order valence-corrected chi connectivity index (χ0v) is 14.7. The standard InChI is InChI=1S/C19H16FN5O2/c1-3-27-19(26)18-12(2)11-25(24-18)17-9-13(10-21)8-16(23-17)22-15-6-4-14(20)5-7-15/h4-9,11H,3H2,1-2H3,(H,22,23). The van der Waals surface area contributed by atoms with E-state index in [4.69, 9.17) is 4.74 Å². The number of aryl methyl sites for hydroxylation is 1. The highest BCUT2D eigenvalue weighted by molar-refractivity contribution is 5.88. The van der Waals surface area contributed by atoms with Gasteiger partial charge in [-0.05, 0) is 44.2 Å². The molecule has 3 rings (SSSR count). The van der Waals surface area contributed by atoms with E-state index in [0.29, 0.717) is 28.5 Å². The molecule has 0 radical (unpaired) electrons. The minimum Gasteiger partial charge on any atom is -0.461 e. The van der Waals surface area contributed by atoms with Gasteiger partial charge in [0, 0.05) is 23.5 Å². The van der Waals surface area contributed by atoms with Crippen LogP contribution in [0.4, 0.5) is 15.9 Å². The summed E-state index contributed by atoms with van der Waals surface area (Å²) < 4.78 is 19.5. The number of carbonyl (C=O) groups is 1. The summed E-state index contributed by atoms with van der Waals surface area (Å²) in [6, 6.07) is 10.9. The van der Waals surface area contributed by atoms with E-state index in [9.17, 15) is 14.4 Å². The fraction of sp³-hybridized carbons (Fsp3) is 0.158. The maximum atomic E-state index is 13.1. The molecule has 1 N–H and O–H groups in total. The van der Waals surface area contributed by atoms with Crippen LogP contribution in [0.3, 0.4) is 0 Å². The van der Waals surface area contributed by atoms with Crippen LogP contribution in [0.15, 0.2) is 42.6 Å². The van der Waals surface area contributed by atoms with E-state index in [1.807, 2.05) is 0 Å². The van der Waals surface area contributed by atoms with E-state index in [1.54, 1.807) is 44.3 Å². The maximum Gasteiger partial charge on any atom is 0.359 e. The molecule has 27 heavy (non-hydrogen) atoms. The molecule has 0 saturated carbocycles. The quantitative estimate of drug-likeness (QED) is 0.696. The summed E-state index contributed by atoms with van der Waals surface area (Å²) in [5.41, 5.74) is 1.80. The summed E-state index contributed by atoms with van der Waals surface area (Å²) in [5.74, 6) is -0.118. The van der Waals surface area contributed by atoms with Crippen LogP contribution in [-0.4, -0.2) is 27.3 Å². The molecule has 8 heteroatoms. The molecule has 0 aliphatic heterocycles. The largest absolute Gasteiger partial charge is 0.461 e. The number of hydrogen-bond donors (Lipinski definition) is 1. The fourth-order valence-corrected chi connectivity index (χ4v) is 2.42. The highest BCUT2D eigenvalue weighted by Crippen LogP contribution is 2.19. The zero-order chi connectivity index (χ0) is 19.4. The van der Waals surface area contributed by atoms with Crippen molar-refractivity contribution in [3.8, 4) is 11.9 Å². The van der Waals surface area contributed by atoms with Gasteiger partial charge < -0.3 is 10.1 Å². The summed E-state index contributed by atoms with van der Waals surface area (Å²) in [5, 5.41) is 16.5. The Bertz CT molecular complexity index is 1020. The summed E-state index contributed by atoms with van der Waals surface area (Å²) in [6.45, 7) is 3.70. The number of benzene rings is 1. The Morgan fingerprint density at radius 2 is 2.07 bits per heavy atom. The fourth-order valence-electron chi connectivity index (χ4n) is 2.42. The summed E-state index contributed by atoms with van der Waals surface area (Å²) in [7, 11) is 0. The lowest BCUT2D eigenvalue weighted by molar-refractivity contribution is 0.0518. The molecule has 0 unspecified atom stereocenters. The molecule has 2 aromatic heterocycles. The van der Waals surface area contributed by atoms with Crippen molar-refractivity contribution in [2.45, 2.75) is 13.8 Å². The van der Waals surface area contributed by atoms with Crippen molar-refractivity contribution in [2.24, 2.45) is 0 Å². The van der Waals surface area contributed by atoms with Gasteiger partial charge >= 0.3 is 5.97 Å². The first-order chi connectivity index (χ1) is 13.0. The number of nitriles is 1. The first-order valence-electron chi connectivity index (χ1n) is 8.18. The predicted octanol–water partition coefficient (Wildman–Crippen LogP) is 3.51. The Labute approximate surface area is 155 Å². The monoisotopic (exact) mass is 365 g/mol. The Hall–Kier alpha value is -3.73. The van der Waals surface area contributed by atoms with E-state index in [2.05, 4.69) is 21.5 Å². The SMILES string of the molecule is CCOC(=O)c1nn(-c2cc(C#N)cc(Nc3ccc(F)cc3)n2)cc1C. The van der Waals surface area contributed by atoms with Gasteiger partial charge in [0.2, 0.25) is 0 Å². The van der Waals surface area contributed by atoms with Gasteiger partial charge in [0.15, 0.2) is 11.5 Å². The lowest BCUT2D eigenvalue weighted by Crippen LogP contribution is -2.08. The molecule has 0 aliphatic carbocycles. The van der Waals surface area contributed by atoms with E-state index in [1.165, 1.54) is 16.8 Å². The number of halogens is 1. The second-order valence-corrected chi connectivity index (χ2v) is 5.67. The molecule has 0 fully saturated rings. The predicted molar refractivity (Wildman–Crippen MR) is 96.5 cm³/mol. The van der Waals surface area contributed by atoms with E-state index < -0.39 is 5.97 Å². The average Bonchev–Trinajstić information content (AvgIpc) is 3.05. The number of carbonyl (C=O) groups excluding carboxylic acids is 1. The van der Waals surface area contributed by atoms with Crippen molar-refractivity contribution < 1.29 is 13.9 Å². The number of esters is 1. The molecule has 136 valence electrons. The number of ether oxygens (including phenoxy) is 1. The molecular weight excluding hydrogens is 349 g/mol. The Balaban J connectivity index is 1.96. The Morgan fingerprint density at radius 3 is 2.74 bits per heavy atom. The highest BCUT2D eigenvalue weighted by atomic mass is 19.1. The molecule has 0 amide bonds. The molecule has 7 nitrogen and oxygen atoms in total. The van der Waals surface area contributed by atoms with Crippen LogP contribution in [0.1, 0.15) is 28.5 Å². The van der Waals surface area contributed by atoms with Crippen molar-refractivity contribution in [3.05, 3.63) is 65.2 Å². The van der Waals surface area contributed by atoms with Gasteiger partial charge in [-0.15, -0.1) is 0 Å². The van der Waals surface area contributed by atoms with Crippen molar-refractivity contribution in [2.75, 3.05) is 11.9 Å². The molecule has 0 atom stereocenters. The van der Waals surface area contributed by atoms with Gasteiger partial charge in [0.25, 0.3) is 0 Å². The van der Waals surface area contributed by atoms with Crippen molar-refractivity contribution >= 4 is 17.5 Å². The van der Waals surface area contributed by atoms with Gasteiger partial charge in [0.1, 0.15) is 11.6 Å². The first kappa shape index (κ1) is 18.1. The Morgan fingerprint density at radius 1 is 1.33 bits per heavy atom. The second kappa shape index (κ2) is 7.66. The van der Waals surface area contributed by atoms with Crippen LogP contribution < -0.4 is 5.32 Å². The molecule has 0 aliphatic rings. The summed E-state index contributed by atoms with van der Waals surface area (Å²) in [6.07, 6.45) is 1.64. The van der Waals surface area contributed by atoms with Gasteiger partial charge in [-0.1, -0.05) is 0 Å². The minimum absolute atomic E-state index is 0.189. The zero-order valence-electron chi connectivity index (χ0n) is 14.7. The molecular formula is C19H16FN5O2. The number of nitrogens with zero attached hydrogens (tertiary/aromatic N) is 4. The molecule has 0 saturated heterocycles. The van der Waals surface area contributed by atoms with Crippen LogP contribution in [0.25, 0.3) is 5.82 Å². The van der Waals surface area contributed by atoms with Gasteiger partial charge in [-0.25, -0.2) is 18.9 Å². The lowest BCUT2D eigenvalue weighted by Gasteiger charge is -2.08. The smallest absolute Gasteiger partial charge is 0.359 e. The normalized spacial score (nSPS) is 10.3. The molecule has 0 spiro atoms. The number of pyridine rings is 1. The third-order valence-electron chi connectivity index (χ3n) is 3.66. The number of nitrogens with one attached hydrogen (secondary N) is 1. The van der Waals surface area contributed by atoms with Crippen LogP contribution in [0.2, 0.25) is 0 Å². The van der Waals surface area contributed by atoms with Gasteiger partial charge in [0.05, 0.1) is 18.2 Å². The topological polar surface area (TPSA) is 92.8 Å². The number of hydrogen-bond acceptors (Lipinski definition) is 6. The molecule has 3 aromatic rings. The molecule has 2 heterocycles. The van der Waals surface area contributed by atoms with Crippen LogP contribution in [-0.2, 0) is 4.74 Å². The second-order valence-electron chi connectivity index (χ2n) is 5.67. The van der Waals surface area contributed by atoms with E-state index in [-0.39, 0.29) is 18.1 Å². The number of aromatic nitrogens is 3. The van der Waals surface area contributed by atoms with Crippen molar-refractivity contribution in [3.63, 3.8) is 0 Å². The number of anilines is 2. The van der Waals surface area contributed by atoms with Gasteiger partial charge in [-0.2, -0.15) is 10.4 Å². The Kier molecular flexibility index (Phi) is 5.13. The third-order valence-corrected chi connectivity index (χ3v) is 3.66. The van der Waals surface area contributed by atoms with E-state index in [0.717, 1.165) is 0 Å². The number of rotatable bonds is 5. The van der Waals surface area contributed by atoms with Crippen LogP contribution in [0, 0.1) is 24.1 Å².